The van der Waals surface area contributed by atoms with Gasteiger partial charge < -0.3 is 0 Å². The Balaban J connectivity index is 2.16. The van der Waals surface area contributed by atoms with E-state index in [0.717, 1.165) is 38.5 Å². The summed E-state index contributed by atoms with van der Waals surface area (Å²) in [6.07, 6.45) is 6.14. The fraction of sp³-hybridized carbons (Fsp3) is 0.579. The lowest BCUT2D eigenvalue weighted by Gasteiger charge is -2.37. The molecule has 1 aliphatic rings. The monoisotopic (exact) mass is 334 g/mol. The van der Waals surface area contributed by atoms with Crippen LogP contribution in [0.15, 0.2) is 24.3 Å². The molecule has 0 atom stereocenters. The number of hydrazine groups is 1. The fourth-order valence-electron chi connectivity index (χ4n) is 3.06. The maximum absolute atomic E-state index is 13.3. The molecule has 0 bridgehead atoms. The molecule has 2 rings (SSSR count). The van der Waals surface area contributed by atoms with Crippen molar-refractivity contribution in [2.45, 2.75) is 64.8 Å². The van der Waals surface area contributed by atoms with Gasteiger partial charge in [0.15, 0.2) is 0 Å². The SMILES string of the molecule is CC(C)(C)N(NC(=O)c1cccc(F)c1)C(=O)C1CCCCCC1. The van der Waals surface area contributed by atoms with Crippen molar-refractivity contribution in [2.24, 2.45) is 5.92 Å². The molecule has 0 saturated heterocycles. The Hall–Kier alpha value is -1.91. The van der Waals surface area contributed by atoms with Gasteiger partial charge in [0.25, 0.3) is 5.91 Å². The second kappa shape index (κ2) is 7.77. The summed E-state index contributed by atoms with van der Waals surface area (Å²) in [5.41, 5.74) is 2.35. The molecule has 1 aromatic carbocycles. The van der Waals surface area contributed by atoms with Crippen LogP contribution in [0.3, 0.4) is 0 Å². The zero-order valence-electron chi connectivity index (χ0n) is 14.8. The van der Waals surface area contributed by atoms with E-state index in [-0.39, 0.29) is 17.4 Å². The van der Waals surface area contributed by atoms with Crippen LogP contribution in [0.25, 0.3) is 0 Å². The van der Waals surface area contributed by atoms with Crippen LogP contribution in [-0.4, -0.2) is 22.4 Å². The Labute approximate surface area is 143 Å². The smallest absolute Gasteiger partial charge is 0.269 e. The molecule has 2 amide bonds. The molecule has 0 radical (unpaired) electrons. The topological polar surface area (TPSA) is 49.4 Å². The predicted molar refractivity (Wildman–Crippen MR) is 91.7 cm³/mol. The van der Waals surface area contributed by atoms with Crippen molar-refractivity contribution in [1.82, 2.24) is 10.4 Å². The van der Waals surface area contributed by atoms with E-state index < -0.39 is 17.3 Å². The third kappa shape index (κ3) is 4.79. The van der Waals surface area contributed by atoms with Crippen molar-refractivity contribution in [3.63, 3.8) is 0 Å². The summed E-state index contributed by atoms with van der Waals surface area (Å²) in [5.74, 6) is -1.04. The van der Waals surface area contributed by atoms with Gasteiger partial charge in [0.2, 0.25) is 5.91 Å². The van der Waals surface area contributed by atoms with Crippen molar-refractivity contribution in [3.05, 3.63) is 35.6 Å². The van der Waals surface area contributed by atoms with Crippen LogP contribution in [0.2, 0.25) is 0 Å². The zero-order chi connectivity index (χ0) is 17.7. The van der Waals surface area contributed by atoms with Crippen LogP contribution in [-0.2, 0) is 4.79 Å². The number of amides is 2. The van der Waals surface area contributed by atoms with E-state index in [1.165, 1.54) is 29.3 Å². The predicted octanol–water partition coefficient (Wildman–Crippen LogP) is 4.07. The molecular formula is C19H27FN2O2. The summed E-state index contributed by atoms with van der Waals surface area (Å²) in [7, 11) is 0. The lowest BCUT2D eigenvalue weighted by molar-refractivity contribution is -0.144. The molecule has 4 nitrogen and oxygen atoms in total. The van der Waals surface area contributed by atoms with Gasteiger partial charge in [-0.1, -0.05) is 31.7 Å². The van der Waals surface area contributed by atoms with Crippen molar-refractivity contribution in [1.29, 1.82) is 0 Å². The highest BCUT2D eigenvalue weighted by Crippen LogP contribution is 2.26. The van der Waals surface area contributed by atoms with Crippen molar-refractivity contribution in [2.75, 3.05) is 0 Å². The Kier molecular flexibility index (Phi) is 5.97. The first-order valence-electron chi connectivity index (χ1n) is 8.69. The van der Waals surface area contributed by atoms with Gasteiger partial charge in [0.05, 0.1) is 5.54 Å². The van der Waals surface area contributed by atoms with Crippen LogP contribution in [0.4, 0.5) is 4.39 Å². The van der Waals surface area contributed by atoms with Crippen molar-refractivity contribution in [3.8, 4) is 0 Å². The fourth-order valence-corrected chi connectivity index (χ4v) is 3.06. The molecule has 1 aromatic rings. The van der Waals surface area contributed by atoms with Gasteiger partial charge in [-0.25, -0.2) is 9.40 Å². The number of halogens is 1. The number of nitrogens with one attached hydrogen (secondary N) is 1. The molecule has 0 aliphatic heterocycles. The number of hydrogen-bond donors (Lipinski definition) is 1. The first-order chi connectivity index (χ1) is 11.3. The zero-order valence-corrected chi connectivity index (χ0v) is 14.8. The van der Waals surface area contributed by atoms with Crippen LogP contribution >= 0.6 is 0 Å². The standard InChI is InChI=1S/C19H27FN2O2/c1-19(2,3)22(18(24)14-9-6-4-5-7-10-14)21-17(23)15-11-8-12-16(20)13-15/h8,11-14H,4-7,9-10H2,1-3H3,(H,21,23). The van der Waals surface area contributed by atoms with E-state index in [1.54, 1.807) is 0 Å². The normalized spacial score (nSPS) is 16.3. The quantitative estimate of drug-likeness (QED) is 0.655. The molecule has 1 saturated carbocycles. The van der Waals surface area contributed by atoms with E-state index in [9.17, 15) is 14.0 Å². The molecule has 0 unspecified atom stereocenters. The minimum Gasteiger partial charge on any atom is -0.273 e. The van der Waals surface area contributed by atoms with Gasteiger partial charge >= 0.3 is 0 Å². The van der Waals surface area contributed by atoms with E-state index in [2.05, 4.69) is 5.43 Å². The first kappa shape index (κ1) is 18.4. The second-order valence-electron chi connectivity index (χ2n) is 7.48. The van der Waals surface area contributed by atoms with Crippen LogP contribution in [0.1, 0.15) is 69.7 Å². The van der Waals surface area contributed by atoms with Gasteiger partial charge in [-0.2, -0.15) is 0 Å². The maximum atomic E-state index is 13.3. The first-order valence-corrected chi connectivity index (χ1v) is 8.69. The Morgan fingerprint density at radius 3 is 2.29 bits per heavy atom. The lowest BCUT2D eigenvalue weighted by Crippen LogP contribution is -2.57. The summed E-state index contributed by atoms with van der Waals surface area (Å²) in [6.45, 7) is 5.65. The van der Waals surface area contributed by atoms with Crippen molar-refractivity contribution >= 4 is 11.8 Å². The summed E-state index contributed by atoms with van der Waals surface area (Å²) < 4.78 is 13.3. The Morgan fingerprint density at radius 2 is 1.75 bits per heavy atom. The van der Waals surface area contributed by atoms with Gasteiger partial charge in [-0.05, 0) is 51.8 Å². The number of hydrogen-bond acceptors (Lipinski definition) is 2. The highest BCUT2D eigenvalue weighted by atomic mass is 19.1. The number of carbonyl (C=O) groups excluding carboxylic acids is 2. The molecule has 24 heavy (non-hydrogen) atoms. The number of carbonyl (C=O) groups is 2. The summed E-state index contributed by atoms with van der Waals surface area (Å²) in [5, 5.41) is 1.43. The highest BCUT2D eigenvalue weighted by molar-refractivity contribution is 5.95. The molecule has 0 aromatic heterocycles. The molecule has 5 heteroatoms. The molecule has 1 N–H and O–H groups in total. The van der Waals surface area contributed by atoms with Gasteiger partial charge in [-0.3, -0.25) is 15.0 Å². The van der Waals surface area contributed by atoms with Crippen LogP contribution in [0.5, 0.6) is 0 Å². The van der Waals surface area contributed by atoms with Gasteiger partial charge in [-0.15, -0.1) is 0 Å². The van der Waals surface area contributed by atoms with E-state index in [0.29, 0.717) is 0 Å². The lowest BCUT2D eigenvalue weighted by atomic mass is 9.97. The maximum Gasteiger partial charge on any atom is 0.269 e. The minimum absolute atomic E-state index is 0.0471. The van der Waals surface area contributed by atoms with Crippen LogP contribution in [0, 0.1) is 11.7 Å². The molecule has 0 heterocycles. The average Bonchev–Trinajstić information content (AvgIpc) is 2.80. The van der Waals surface area contributed by atoms with Crippen LogP contribution < -0.4 is 5.43 Å². The summed E-state index contributed by atoms with van der Waals surface area (Å²) in [4.78, 5) is 25.4. The van der Waals surface area contributed by atoms with E-state index >= 15 is 0 Å². The Morgan fingerprint density at radius 1 is 1.12 bits per heavy atom. The minimum atomic E-state index is -0.549. The average molecular weight is 334 g/mol. The van der Waals surface area contributed by atoms with E-state index in [4.69, 9.17) is 0 Å². The largest absolute Gasteiger partial charge is 0.273 e. The number of nitrogens with zero attached hydrogens (tertiary/aromatic N) is 1. The number of benzene rings is 1. The molecule has 1 fully saturated rings. The third-order valence-electron chi connectivity index (χ3n) is 4.40. The number of rotatable bonds is 2. The summed E-state index contributed by atoms with van der Waals surface area (Å²) >= 11 is 0. The molecule has 1 aliphatic carbocycles. The van der Waals surface area contributed by atoms with E-state index in [1.807, 2.05) is 20.8 Å². The Bertz CT molecular complexity index is 587. The summed E-state index contributed by atoms with van der Waals surface area (Å²) in [6, 6.07) is 5.48. The molecule has 0 spiro atoms. The third-order valence-corrected chi connectivity index (χ3v) is 4.40. The molecule has 132 valence electrons. The highest BCUT2D eigenvalue weighted by Gasteiger charge is 2.33. The van der Waals surface area contributed by atoms with Gasteiger partial charge in [0.1, 0.15) is 5.82 Å². The molecular weight excluding hydrogens is 307 g/mol. The van der Waals surface area contributed by atoms with Gasteiger partial charge in [0, 0.05) is 11.5 Å². The van der Waals surface area contributed by atoms with Crippen molar-refractivity contribution < 1.29 is 14.0 Å². The second-order valence-corrected chi connectivity index (χ2v) is 7.48.